The lowest BCUT2D eigenvalue weighted by molar-refractivity contribution is -0.113. The van der Waals surface area contributed by atoms with E-state index in [1.807, 2.05) is 0 Å². The number of rotatable bonds is 4. The van der Waals surface area contributed by atoms with E-state index in [1.165, 1.54) is 39.0 Å². The second kappa shape index (κ2) is 6.19. The van der Waals surface area contributed by atoms with Crippen LogP contribution in [0.1, 0.15) is 5.82 Å². The fourth-order valence-corrected chi connectivity index (χ4v) is 4.34. The van der Waals surface area contributed by atoms with Crippen molar-refractivity contribution >= 4 is 55.7 Å². The van der Waals surface area contributed by atoms with Gasteiger partial charge in [-0.2, -0.15) is 0 Å². The van der Waals surface area contributed by atoms with Crippen LogP contribution in [-0.4, -0.2) is 26.2 Å². The Labute approximate surface area is 138 Å². The number of aryl methyl sites for hydroxylation is 1. The number of anilines is 1. The molecular weight excluding hydrogens is 340 g/mol. The third kappa shape index (κ3) is 3.06. The predicted octanol–water partition coefficient (Wildman–Crippen LogP) is 2.49. The smallest absolute Gasteiger partial charge is 0.262 e. The highest BCUT2D eigenvalue weighted by atomic mass is 32.2. The van der Waals surface area contributed by atoms with Crippen LogP contribution in [0.2, 0.25) is 0 Å². The standard InChI is InChI=1S/C13H12N4O2S3/c1-7-15-11-8(12(19)17(7)2)5-10(22-11)21-6-9(18)16-13-14-3-4-20-13/h3-5H,6H2,1-2H3,(H,14,16,18). The fourth-order valence-electron chi connectivity index (χ4n) is 1.79. The van der Waals surface area contributed by atoms with E-state index < -0.39 is 0 Å². The van der Waals surface area contributed by atoms with Gasteiger partial charge in [-0.15, -0.1) is 34.4 Å². The van der Waals surface area contributed by atoms with Gasteiger partial charge in [0, 0.05) is 18.6 Å². The van der Waals surface area contributed by atoms with Gasteiger partial charge in [-0.05, 0) is 13.0 Å². The summed E-state index contributed by atoms with van der Waals surface area (Å²) in [6, 6.07) is 1.80. The Balaban J connectivity index is 1.73. The van der Waals surface area contributed by atoms with Crippen LogP contribution in [0.15, 0.2) is 26.6 Å². The van der Waals surface area contributed by atoms with Crippen molar-refractivity contribution < 1.29 is 4.79 Å². The number of fused-ring (bicyclic) bond motifs is 1. The molecule has 114 valence electrons. The Hall–Kier alpha value is -1.71. The second-order valence-electron chi connectivity index (χ2n) is 4.48. The number of carbonyl (C=O) groups is 1. The van der Waals surface area contributed by atoms with Crippen LogP contribution in [0.4, 0.5) is 5.13 Å². The molecule has 3 aromatic rings. The molecule has 3 rings (SSSR count). The van der Waals surface area contributed by atoms with E-state index >= 15 is 0 Å². The maximum Gasteiger partial charge on any atom is 0.262 e. The average Bonchev–Trinajstić information content (AvgIpc) is 3.12. The number of thioether (sulfide) groups is 1. The topological polar surface area (TPSA) is 76.9 Å². The Morgan fingerprint density at radius 3 is 3.05 bits per heavy atom. The van der Waals surface area contributed by atoms with E-state index in [1.54, 1.807) is 31.6 Å². The van der Waals surface area contributed by atoms with Crippen molar-refractivity contribution in [3.63, 3.8) is 0 Å². The van der Waals surface area contributed by atoms with Gasteiger partial charge in [0.05, 0.1) is 15.3 Å². The van der Waals surface area contributed by atoms with Gasteiger partial charge in [0.1, 0.15) is 10.7 Å². The Bertz CT molecular complexity index is 883. The summed E-state index contributed by atoms with van der Waals surface area (Å²) in [5.41, 5.74) is -0.0576. The zero-order valence-corrected chi connectivity index (χ0v) is 14.3. The molecular formula is C13H12N4O2S3. The third-order valence-electron chi connectivity index (χ3n) is 3.00. The highest BCUT2D eigenvalue weighted by molar-refractivity contribution is 8.01. The lowest BCUT2D eigenvalue weighted by Crippen LogP contribution is -2.19. The van der Waals surface area contributed by atoms with E-state index in [4.69, 9.17) is 0 Å². The number of nitrogens with zero attached hydrogens (tertiary/aromatic N) is 3. The summed E-state index contributed by atoms with van der Waals surface area (Å²) in [7, 11) is 1.70. The van der Waals surface area contributed by atoms with Crippen LogP contribution < -0.4 is 10.9 Å². The van der Waals surface area contributed by atoms with Gasteiger partial charge in [0.25, 0.3) is 5.56 Å². The first-order valence-corrected chi connectivity index (χ1v) is 9.02. The second-order valence-corrected chi connectivity index (χ2v) is 7.68. The maximum atomic E-state index is 12.1. The van der Waals surface area contributed by atoms with Crippen molar-refractivity contribution in [2.45, 2.75) is 11.1 Å². The van der Waals surface area contributed by atoms with Gasteiger partial charge < -0.3 is 5.32 Å². The average molecular weight is 352 g/mol. The van der Waals surface area contributed by atoms with E-state index in [0.29, 0.717) is 21.2 Å². The molecule has 0 saturated heterocycles. The monoisotopic (exact) mass is 352 g/mol. The summed E-state index contributed by atoms with van der Waals surface area (Å²) in [4.78, 5) is 33.1. The summed E-state index contributed by atoms with van der Waals surface area (Å²) >= 11 is 4.20. The zero-order chi connectivity index (χ0) is 15.7. The molecule has 1 N–H and O–H groups in total. The highest BCUT2D eigenvalue weighted by Gasteiger charge is 2.12. The first-order chi connectivity index (χ1) is 10.5. The number of hydrogen-bond donors (Lipinski definition) is 1. The van der Waals surface area contributed by atoms with Gasteiger partial charge in [0.15, 0.2) is 5.13 Å². The highest BCUT2D eigenvalue weighted by Crippen LogP contribution is 2.30. The van der Waals surface area contributed by atoms with Gasteiger partial charge in [-0.25, -0.2) is 9.97 Å². The third-order valence-corrected chi connectivity index (χ3v) is 5.92. The van der Waals surface area contributed by atoms with Crippen molar-refractivity contribution in [2.24, 2.45) is 7.05 Å². The Morgan fingerprint density at radius 1 is 1.50 bits per heavy atom. The molecule has 0 aliphatic rings. The largest absolute Gasteiger partial charge is 0.301 e. The Morgan fingerprint density at radius 2 is 2.32 bits per heavy atom. The van der Waals surface area contributed by atoms with Gasteiger partial charge in [0.2, 0.25) is 5.91 Å². The quantitative estimate of drug-likeness (QED) is 0.730. The van der Waals surface area contributed by atoms with Crippen LogP contribution in [0.3, 0.4) is 0 Å². The van der Waals surface area contributed by atoms with Gasteiger partial charge in [-0.1, -0.05) is 0 Å². The first-order valence-electron chi connectivity index (χ1n) is 6.34. The molecule has 0 spiro atoms. The number of aromatic nitrogens is 3. The number of carbonyl (C=O) groups excluding carboxylic acids is 1. The van der Waals surface area contributed by atoms with E-state index in [0.717, 1.165) is 4.21 Å². The molecule has 0 atom stereocenters. The molecule has 0 aliphatic carbocycles. The minimum absolute atomic E-state index is 0.0576. The van der Waals surface area contributed by atoms with Crippen molar-refractivity contribution in [1.29, 1.82) is 0 Å². The number of thiophene rings is 1. The van der Waals surface area contributed by atoms with Crippen LogP contribution >= 0.6 is 34.4 Å². The molecule has 6 nitrogen and oxygen atoms in total. The minimum atomic E-state index is -0.116. The van der Waals surface area contributed by atoms with E-state index in [2.05, 4.69) is 15.3 Å². The zero-order valence-electron chi connectivity index (χ0n) is 11.8. The van der Waals surface area contributed by atoms with Crippen molar-refractivity contribution in [2.75, 3.05) is 11.1 Å². The molecule has 9 heteroatoms. The van der Waals surface area contributed by atoms with Crippen molar-refractivity contribution in [3.8, 4) is 0 Å². The maximum absolute atomic E-state index is 12.1. The van der Waals surface area contributed by atoms with Crippen LogP contribution in [0.25, 0.3) is 10.2 Å². The molecule has 3 heterocycles. The van der Waals surface area contributed by atoms with E-state index in [9.17, 15) is 9.59 Å². The normalized spacial score (nSPS) is 11.0. The summed E-state index contributed by atoms with van der Waals surface area (Å²) in [6.07, 6.45) is 1.64. The van der Waals surface area contributed by atoms with Crippen LogP contribution in [-0.2, 0) is 11.8 Å². The minimum Gasteiger partial charge on any atom is -0.301 e. The molecule has 0 saturated carbocycles. The molecule has 0 aliphatic heterocycles. The van der Waals surface area contributed by atoms with Crippen molar-refractivity contribution in [1.82, 2.24) is 14.5 Å². The molecule has 0 fully saturated rings. The lowest BCUT2D eigenvalue weighted by Gasteiger charge is -2.00. The van der Waals surface area contributed by atoms with Crippen LogP contribution in [0.5, 0.6) is 0 Å². The van der Waals surface area contributed by atoms with Gasteiger partial charge >= 0.3 is 0 Å². The summed E-state index contributed by atoms with van der Waals surface area (Å²) in [6.45, 7) is 1.80. The Kier molecular flexibility index (Phi) is 4.27. The van der Waals surface area contributed by atoms with Crippen LogP contribution in [0, 0.1) is 6.92 Å². The molecule has 3 aromatic heterocycles. The number of hydrogen-bond acceptors (Lipinski definition) is 7. The predicted molar refractivity (Wildman–Crippen MR) is 91.1 cm³/mol. The molecule has 0 radical (unpaired) electrons. The summed E-state index contributed by atoms with van der Waals surface area (Å²) in [5, 5.41) is 5.72. The summed E-state index contributed by atoms with van der Waals surface area (Å²) in [5.74, 6) is 0.831. The molecule has 1 amide bonds. The molecule has 0 aromatic carbocycles. The number of nitrogens with one attached hydrogen (secondary N) is 1. The number of amides is 1. The van der Waals surface area contributed by atoms with E-state index in [-0.39, 0.29) is 17.2 Å². The number of thiazole rings is 1. The fraction of sp³-hybridized carbons (Fsp3) is 0.231. The molecule has 0 unspecified atom stereocenters. The first kappa shape index (κ1) is 15.2. The summed E-state index contributed by atoms with van der Waals surface area (Å²) < 4.78 is 2.43. The molecule has 22 heavy (non-hydrogen) atoms. The molecule has 0 bridgehead atoms. The van der Waals surface area contributed by atoms with Gasteiger partial charge in [-0.3, -0.25) is 14.2 Å². The van der Waals surface area contributed by atoms with Crippen molar-refractivity contribution in [3.05, 3.63) is 33.8 Å². The lowest BCUT2D eigenvalue weighted by atomic mass is 10.4. The SMILES string of the molecule is Cc1nc2sc(SCC(=O)Nc3nccs3)cc2c(=O)n1C.